The number of nitrogens with zero attached hydrogens (tertiary/aromatic N) is 1. The summed E-state index contributed by atoms with van der Waals surface area (Å²) in [5.41, 5.74) is 0.456. The maximum Gasteiger partial charge on any atom is 0.284 e. The van der Waals surface area contributed by atoms with Crippen LogP contribution in [0.25, 0.3) is 0 Å². The summed E-state index contributed by atoms with van der Waals surface area (Å²) in [7, 11) is 1.31. The minimum absolute atomic E-state index is 0.0506. The first-order valence-electron chi connectivity index (χ1n) is 4.03. The maximum atomic E-state index is 12.4. The van der Waals surface area contributed by atoms with Crippen LogP contribution in [0.4, 0.5) is 8.78 Å². The fourth-order valence-electron chi connectivity index (χ4n) is 1.12. The molecule has 5 heteroatoms. The number of hydrogen-bond donors (Lipinski definition) is 1. The van der Waals surface area contributed by atoms with E-state index >= 15 is 0 Å². The number of rotatable bonds is 3. The fraction of sp³-hybridized carbons (Fsp3) is 0.444. The molecule has 1 rings (SSSR count). The van der Waals surface area contributed by atoms with E-state index in [9.17, 15) is 8.78 Å². The predicted molar refractivity (Wildman–Crippen MR) is 46.4 cm³/mol. The van der Waals surface area contributed by atoms with Crippen molar-refractivity contribution in [1.82, 2.24) is 4.98 Å². The van der Waals surface area contributed by atoms with E-state index in [2.05, 4.69) is 4.98 Å². The summed E-state index contributed by atoms with van der Waals surface area (Å²) in [6, 6.07) is 1.44. The molecule has 0 bridgehead atoms. The number of aliphatic hydroxyl groups is 1. The standard InChI is InChI=1S/C9H11F2NO2/c1-5-3-7(14-2)8(9(10)11)12-6(5)4-13/h3,9,13H,4H2,1-2H3. The topological polar surface area (TPSA) is 42.4 Å². The van der Waals surface area contributed by atoms with Gasteiger partial charge in [0.2, 0.25) is 0 Å². The van der Waals surface area contributed by atoms with Gasteiger partial charge in [0.15, 0.2) is 0 Å². The largest absolute Gasteiger partial charge is 0.495 e. The lowest BCUT2D eigenvalue weighted by Crippen LogP contribution is -2.02. The number of hydrogen-bond acceptors (Lipinski definition) is 3. The molecule has 1 N–H and O–H groups in total. The molecule has 0 radical (unpaired) electrons. The van der Waals surface area contributed by atoms with Crippen LogP contribution in [0.1, 0.15) is 23.4 Å². The molecule has 0 amide bonds. The Hall–Kier alpha value is -1.23. The second-order valence-electron chi connectivity index (χ2n) is 2.80. The molecule has 0 aromatic carbocycles. The molecule has 0 unspecified atom stereocenters. The molecule has 0 atom stereocenters. The Morgan fingerprint density at radius 2 is 2.21 bits per heavy atom. The van der Waals surface area contributed by atoms with Crippen molar-refractivity contribution in [2.45, 2.75) is 20.0 Å². The Morgan fingerprint density at radius 3 is 2.64 bits per heavy atom. The van der Waals surface area contributed by atoms with Crippen molar-refractivity contribution < 1.29 is 18.6 Å². The van der Waals surface area contributed by atoms with Crippen molar-refractivity contribution in [1.29, 1.82) is 0 Å². The van der Waals surface area contributed by atoms with Crippen LogP contribution in [-0.2, 0) is 6.61 Å². The van der Waals surface area contributed by atoms with Gasteiger partial charge in [0.25, 0.3) is 6.43 Å². The summed E-state index contributed by atoms with van der Waals surface area (Å²) < 4.78 is 29.6. The van der Waals surface area contributed by atoms with Crippen LogP contribution in [-0.4, -0.2) is 17.2 Å². The van der Waals surface area contributed by atoms with Gasteiger partial charge >= 0.3 is 0 Å². The third-order valence-corrected chi connectivity index (χ3v) is 1.89. The second kappa shape index (κ2) is 4.32. The Morgan fingerprint density at radius 1 is 1.57 bits per heavy atom. The lowest BCUT2D eigenvalue weighted by molar-refractivity contribution is 0.140. The highest BCUT2D eigenvalue weighted by Crippen LogP contribution is 2.28. The van der Waals surface area contributed by atoms with Crippen LogP contribution in [0.3, 0.4) is 0 Å². The zero-order chi connectivity index (χ0) is 10.7. The quantitative estimate of drug-likeness (QED) is 0.814. The first-order chi connectivity index (χ1) is 6.60. The predicted octanol–water partition coefficient (Wildman–Crippen LogP) is 1.83. The van der Waals surface area contributed by atoms with Crippen LogP contribution in [0.2, 0.25) is 0 Å². The molecule has 1 aromatic heterocycles. The molecule has 0 saturated carbocycles. The average Bonchev–Trinajstić information content (AvgIpc) is 2.16. The zero-order valence-corrected chi connectivity index (χ0v) is 7.92. The third kappa shape index (κ3) is 1.98. The van der Waals surface area contributed by atoms with Gasteiger partial charge in [0.05, 0.1) is 19.4 Å². The molecule has 1 heterocycles. The van der Waals surface area contributed by atoms with Crippen LogP contribution in [0.15, 0.2) is 6.07 Å². The monoisotopic (exact) mass is 203 g/mol. The van der Waals surface area contributed by atoms with E-state index in [1.165, 1.54) is 13.2 Å². The van der Waals surface area contributed by atoms with Crippen molar-refractivity contribution in [3.8, 4) is 5.75 Å². The van der Waals surface area contributed by atoms with Crippen molar-refractivity contribution in [2.75, 3.05) is 7.11 Å². The number of methoxy groups -OCH3 is 1. The summed E-state index contributed by atoms with van der Waals surface area (Å²) in [5.74, 6) is 0.0506. The number of alkyl halides is 2. The van der Waals surface area contributed by atoms with E-state index in [0.717, 1.165) is 0 Å². The minimum Gasteiger partial charge on any atom is -0.495 e. The molecule has 78 valence electrons. The van der Waals surface area contributed by atoms with E-state index < -0.39 is 12.1 Å². The molecular weight excluding hydrogens is 192 g/mol. The Labute approximate surface area is 80.3 Å². The zero-order valence-electron chi connectivity index (χ0n) is 7.92. The first kappa shape index (κ1) is 10.8. The van der Waals surface area contributed by atoms with Gasteiger partial charge in [-0.2, -0.15) is 0 Å². The van der Waals surface area contributed by atoms with Gasteiger partial charge in [0, 0.05) is 0 Å². The highest BCUT2D eigenvalue weighted by molar-refractivity contribution is 5.35. The van der Waals surface area contributed by atoms with Gasteiger partial charge in [-0.25, -0.2) is 13.8 Å². The third-order valence-electron chi connectivity index (χ3n) is 1.89. The minimum atomic E-state index is -2.70. The number of pyridine rings is 1. The average molecular weight is 203 g/mol. The molecular formula is C9H11F2NO2. The van der Waals surface area contributed by atoms with Crippen molar-refractivity contribution >= 4 is 0 Å². The molecule has 14 heavy (non-hydrogen) atoms. The van der Waals surface area contributed by atoms with Gasteiger partial charge in [0.1, 0.15) is 11.4 Å². The number of aryl methyl sites for hydroxylation is 1. The normalized spacial score (nSPS) is 10.7. The lowest BCUT2D eigenvalue weighted by atomic mass is 10.2. The van der Waals surface area contributed by atoms with Crippen molar-refractivity contribution in [3.05, 3.63) is 23.0 Å². The number of halogens is 2. The van der Waals surface area contributed by atoms with Gasteiger partial charge < -0.3 is 9.84 Å². The van der Waals surface area contributed by atoms with Crippen molar-refractivity contribution in [2.24, 2.45) is 0 Å². The van der Waals surface area contributed by atoms with E-state index in [1.807, 2.05) is 0 Å². The molecule has 0 saturated heterocycles. The fourth-order valence-corrected chi connectivity index (χ4v) is 1.12. The molecule has 0 aliphatic rings. The van der Waals surface area contributed by atoms with Gasteiger partial charge in [-0.1, -0.05) is 0 Å². The lowest BCUT2D eigenvalue weighted by Gasteiger charge is -2.10. The number of ether oxygens (including phenoxy) is 1. The molecule has 0 aliphatic heterocycles. The van der Waals surface area contributed by atoms with Crippen LogP contribution < -0.4 is 4.74 Å². The van der Waals surface area contributed by atoms with Gasteiger partial charge in [-0.3, -0.25) is 0 Å². The SMILES string of the molecule is COc1cc(C)c(CO)nc1C(F)F. The Kier molecular flexibility index (Phi) is 3.35. The first-order valence-corrected chi connectivity index (χ1v) is 4.03. The van der Waals surface area contributed by atoms with E-state index in [0.29, 0.717) is 5.56 Å². The molecule has 0 spiro atoms. The van der Waals surface area contributed by atoms with Crippen LogP contribution in [0.5, 0.6) is 5.75 Å². The van der Waals surface area contributed by atoms with Gasteiger partial charge in [-0.05, 0) is 18.6 Å². The highest BCUT2D eigenvalue weighted by Gasteiger charge is 2.17. The summed E-state index contributed by atoms with van der Waals surface area (Å²) in [5, 5.41) is 8.84. The maximum absolute atomic E-state index is 12.4. The van der Waals surface area contributed by atoms with E-state index in [4.69, 9.17) is 9.84 Å². The Bertz CT molecular complexity index is 329. The van der Waals surface area contributed by atoms with E-state index in [-0.39, 0.29) is 18.1 Å². The number of aliphatic hydroxyl groups excluding tert-OH is 1. The van der Waals surface area contributed by atoms with E-state index in [1.54, 1.807) is 6.92 Å². The molecule has 3 nitrogen and oxygen atoms in total. The molecule has 0 aliphatic carbocycles. The molecule has 1 aromatic rings. The summed E-state index contributed by atoms with van der Waals surface area (Å²) in [6.07, 6.45) is -2.70. The van der Waals surface area contributed by atoms with Crippen molar-refractivity contribution in [3.63, 3.8) is 0 Å². The van der Waals surface area contributed by atoms with Crippen LogP contribution in [0, 0.1) is 6.92 Å². The summed E-state index contributed by atoms with van der Waals surface area (Å²) >= 11 is 0. The van der Waals surface area contributed by atoms with Gasteiger partial charge in [-0.15, -0.1) is 0 Å². The number of aromatic nitrogens is 1. The molecule has 0 fully saturated rings. The van der Waals surface area contributed by atoms with Crippen LogP contribution >= 0.6 is 0 Å². The smallest absolute Gasteiger partial charge is 0.284 e. The second-order valence-corrected chi connectivity index (χ2v) is 2.80. The Balaban J connectivity index is 3.25. The summed E-state index contributed by atoms with van der Waals surface area (Å²) in [4.78, 5) is 3.64. The summed E-state index contributed by atoms with van der Waals surface area (Å²) in [6.45, 7) is 1.33. The highest BCUT2D eigenvalue weighted by atomic mass is 19.3.